The van der Waals surface area contributed by atoms with E-state index in [9.17, 15) is 9.59 Å². The Labute approximate surface area is 137 Å². The number of methoxy groups -OCH3 is 1. The number of nitrogens with one attached hydrogen (secondary N) is 1. The first-order valence-electron chi connectivity index (χ1n) is 6.62. The average Bonchev–Trinajstić information content (AvgIpc) is 2.55. The molecule has 0 saturated carbocycles. The van der Waals surface area contributed by atoms with E-state index >= 15 is 0 Å². The van der Waals surface area contributed by atoms with Gasteiger partial charge in [0.15, 0.2) is 11.8 Å². The molecule has 0 bridgehead atoms. The number of nitrogens with zero attached hydrogens (tertiary/aromatic N) is 2. The summed E-state index contributed by atoms with van der Waals surface area (Å²) in [5, 5.41) is 3.03. The second-order valence-electron chi connectivity index (χ2n) is 4.47. The molecular formula is C15H14ClN3O4. The maximum absolute atomic E-state index is 12.1. The van der Waals surface area contributed by atoms with Gasteiger partial charge >= 0.3 is 5.97 Å². The summed E-state index contributed by atoms with van der Waals surface area (Å²) in [6, 6.07) is 4.79. The Hall–Kier alpha value is -2.67. The van der Waals surface area contributed by atoms with E-state index in [1.807, 2.05) is 0 Å². The van der Waals surface area contributed by atoms with Gasteiger partial charge in [-0.05, 0) is 25.1 Å². The lowest BCUT2D eigenvalue weighted by Gasteiger charge is -2.15. The number of halogens is 1. The number of amides is 1. The molecule has 1 amide bonds. The fourth-order valence-electron chi connectivity index (χ4n) is 1.69. The number of anilines is 1. The fourth-order valence-corrected chi connectivity index (χ4v) is 1.86. The molecule has 0 radical (unpaired) electrons. The van der Waals surface area contributed by atoms with Gasteiger partial charge in [0, 0.05) is 17.4 Å². The second kappa shape index (κ2) is 7.55. The Morgan fingerprint density at radius 1 is 1.30 bits per heavy atom. The maximum atomic E-state index is 12.1. The summed E-state index contributed by atoms with van der Waals surface area (Å²) in [7, 11) is 1.47. The number of hydrogen-bond acceptors (Lipinski definition) is 6. The highest BCUT2D eigenvalue weighted by molar-refractivity contribution is 6.31. The Morgan fingerprint density at radius 2 is 2.09 bits per heavy atom. The van der Waals surface area contributed by atoms with Gasteiger partial charge in [0.1, 0.15) is 5.75 Å². The molecule has 2 rings (SSSR count). The number of rotatable bonds is 5. The number of benzene rings is 1. The van der Waals surface area contributed by atoms with Crippen molar-refractivity contribution in [3.8, 4) is 5.75 Å². The van der Waals surface area contributed by atoms with Crippen LogP contribution in [0.2, 0.25) is 5.02 Å². The Balaban J connectivity index is 2.03. The number of ether oxygens (including phenoxy) is 2. The molecule has 0 fully saturated rings. The van der Waals surface area contributed by atoms with Crippen LogP contribution in [-0.4, -0.2) is 35.1 Å². The van der Waals surface area contributed by atoms with E-state index in [0.717, 1.165) is 0 Å². The first kappa shape index (κ1) is 16.7. The van der Waals surface area contributed by atoms with E-state index in [2.05, 4.69) is 15.3 Å². The van der Waals surface area contributed by atoms with Gasteiger partial charge < -0.3 is 14.8 Å². The van der Waals surface area contributed by atoms with E-state index in [1.165, 1.54) is 38.7 Å². The fraction of sp³-hybridized carbons (Fsp3) is 0.200. The van der Waals surface area contributed by atoms with Gasteiger partial charge in [0.2, 0.25) is 0 Å². The Kier molecular flexibility index (Phi) is 5.48. The molecule has 0 aliphatic rings. The lowest BCUT2D eigenvalue weighted by Crippen LogP contribution is -2.30. The standard InChI is InChI=1S/C15H14ClN3O4/c1-9(23-15(21)12-8-17-5-6-18-12)14(20)19-11-7-10(16)3-4-13(11)22-2/h3-9H,1-2H3,(H,19,20)/t9-/m1/s1. The first-order chi connectivity index (χ1) is 11.0. The van der Waals surface area contributed by atoms with Gasteiger partial charge in [-0.1, -0.05) is 11.6 Å². The molecular weight excluding hydrogens is 322 g/mol. The predicted octanol–water partition coefficient (Wildman–Crippen LogP) is 2.32. The monoisotopic (exact) mass is 335 g/mol. The molecule has 1 heterocycles. The van der Waals surface area contributed by atoms with E-state index in [1.54, 1.807) is 12.1 Å². The Bertz CT molecular complexity index is 709. The van der Waals surface area contributed by atoms with Crippen molar-refractivity contribution in [3.63, 3.8) is 0 Å². The average molecular weight is 336 g/mol. The van der Waals surface area contributed by atoms with Gasteiger partial charge in [0.05, 0.1) is 19.0 Å². The third-order valence-electron chi connectivity index (χ3n) is 2.84. The van der Waals surface area contributed by atoms with Crippen molar-refractivity contribution in [3.05, 3.63) is 47.5 Å². The molecule has 0 aliphatic heterocycles. The van der Waals surface area contributed by atoms with Crippen LogP contribution in [0.25, 0.3) is 0 Å². The molecule has 0 saturated heterocycles. The minimum Gasteiger partial charge on any atom is -0.495 e. The number of esters is 1. The normalized spacial score (nSPS) is 11.4. The summed E-state index contributed by atoms with van der Waals surface area (Å²) in [4.78, 5) is 31.5. The van der Waals surface area contributed by atoms with Crippen molar-refractivity contribution < 1.29 is 19.1 Å². The molecule has 0 unspecified atom stereocenters. The largest absolute Gasteiger partial charge is 0.495 e. The van der Waals surface area contributed by atoms with Crippen LogP contribution in [-0.2, 0) is 9.53 Å². The zero-order chi connectivity index (χ0) is 16.8. The Morgan fingerprint density at radius 3 is 2.74 bits per heavy atom. The second-order valence-corrected chi connectivity index (χ2v) is 4.91. The predicted molar refractivity (Wildman–Crippen MR) is 83.5 cm³/mol. The summed E-state index contributed by atoms with van der Waals surface area (Å²) < 4.78 is 10.2. The lowest BCUT2D eigenvalue weighted by molar-refractivity contribution is -0.123. The van der Waals surface area contributed by atoms with Gasteiger partial charge in [-0.15, -0.1) is 0 Å². The first-order valence-corrected chi connectivity index (χ1v) is 7.00. The lowest BCUT2D eigenvalue weighted by atomic mass is 10.2. The smallest absolute Gasteiger partial charge is 0.359 e. The van der Waals surface area contributed by atoms with Crippen LogP contribution in [0.1, 0.15) is 17.4 Å². The molecule has 8 heteroatoms. The van der Waals surface area contributed by atoms with Crippen molar-refractivity contribution in [2.24, 2.45) is 0 Å². The molecule has 1 N–H and O–H groups in total. The number of aromatic nitrogens is 2. The number of hydrogen-bond donors (Lipinski definition) is 1. The topological polar surface area (TPSA) is 90.4 Å². The van der Waals surface area contributed by atoms with E-state index < -0.39 is 18.0 Å². The maximum Gasteiger partial charge on any atom is 0.359 e. The zero-order valence-corrected chi connectivity index (χ0v) is 13.2. The summed E-state index contributed by atoms with van der Waals surface area (Å²) in [6.45, 7) is 1.45. The van der Waals surface area contributed by atoms with Gasteiger partial charge in [0.25, 0.3) is 5.91 Å². The number of carbonyl (C=O) groups is 2. The highest BCUT2D eigenvalue weighted by Crippen LogP contribution is 2.27. The summed E-state index contributed by atoms with van der Waals surface area (Å²) >= 11 is 5.89. The van der Waals surface area contributed by atoms with E-state index in [0.29, 0.717) is 16.5 Å². The van der Waals surface area contributed by atoms with Crippen LogP contribution in [0, 0.1) is 0 Å². The summed E-state index contributed by atoms with van der Waals surface area (Å²) in [5.41, 5.74) is 0.403. The van der Waals surface area contributed by atoms with Crippen LogP contribution in [0.4, 0.5) is 5.69 Å². The van der Waals surface area contributed by atoms with Gasteiger partial charge in [-0.25, -0.2) is 9.78 Å². The summed E-state index contributed by atoms with van der Waals surface area (Å²) in [5.74, 6) is -0.822. The van der Waals surface area contributed by atoms with Crippen LogP contribution in [0.15, 0.2) is 36.8 Å². The number of carbonyl (C=O) groups excluding carboxylic acids is 2. The molecule has 7 nitrogen and oxygen atoms in total. The van der Waals surface area contributed by atoms with Crippen molar-refractivity contribution in [1.82, 2.24) is 9.97 Å². The van der Waals surface area contributed by atoms with Crippen molar-refractivity contribution in [1.29, 1.82) is 0 Å². The SMILES string of the molecule is COc1ccc(Cl)cc1NC(=O)[C@@H](C)OC(=O)c1cnccn1. The molecule has 0 spiro atoms. The van der Waals surface area contributed by atoms with Gasteiger partial charge in [-0.2, -0.15) is 0 Å². The van der Waals surface area contributed by atoms with Crippen LogP contribution < -0.4 is 10.1 Å². The minimum atomic E-state index is -1.03. The molecule has 120 valence electrons. The molecule has 0 aliphatic carbocycles. The zero-order valence-electron chi connectivity index (χ0n) is 12.4. The van der Waals surface area contributed by atoms with Crippen molar-refractivity contribution >= 4 is 29.2 Å². The van der Waals surface area contributed by atoms with Crippen LogP contribution in [0.3, 0.4) is 0 Å². The molecule has 1 aromatic carbocycles. The highest BCUT2D eigenvalue weighted by atomic mass is 35.5. The molecule has 2 aromatic rings. The molecule has 23 heavy (non-hydrogen) atoms. The summed E-state index contributed by atoms with van der Waals surface area (Å²) in [6.07, 6.45) is 3.01. The van der Waals surface area contributed by atoms with E-state index in [4.69, 9.17) is 21.1 Å². The van der Waals surface area contributed by atoms with Crippen molar-refractivity contribution in [2.45, 2.75) is 13.0 Å². The minimum absolute atomic E-state index is 0.0208. The molecule has 1 aromatic heterocycles. The van der Waals surface area contributed by atoms with Crippen molar-refractivity contribution in [2.75, 3.05) is 12.4 Å². The quantitative estimate of drug-likeness (QED) is 0.843. The third kappa shape index (κ3) is 4.40. The van der Waals surface area contributed by atoms with E-state index in [-0.39, 0.29) is 5.69 Å². The van der Waals surface area contributed by atoms with Gasteiger partial charge in [-0.3, -0.25) is 9.78 Å². The highest BCUT2D eigenvalue weighted by Gasteiger charge is 2.21. The van der Waals surface area contributed by atoms with Crippen LogP contribution in [0.5, 0.6) is 5.75 Å². The third-order valence-corrected chi connectivity index (χ3v) is 3.08. The molecule has 1 atom stereocenters. The van der Waals surface area contributed by atoms with Crippen LogP contribution >= 0.6 is 11.6 Å².